The molecule has 1 unspecified atom stereocenters. The molecule has 8 heteroatoms. The molecule has 0 aliphatic carbocycles. The van der Waals surface area contributed by atoms with Gasteiger partial charge in [0, 0.05) is 31.5 Å². The summed E-state index contributed by atoms with van der Waals surface area (Å²) in [5.74, 6) is -0.330. The number of carboxylic acids is 1. The van der Waals surface area contributed by atoms with Gasteiger partial charge < -0.3 is 25.4 Å². The molecule has 3 N–H and O–H groups in total. The van der Waals surface area contributed by atoms with E-state index in [1.807, 2.05) is 6.07 Å². The lowest BCUT2D eigenvalue weighted by atomic mass is 10.1. The minimum Gasteiger partial charge on any atom is -0.490 e. The Balaban J connectivity index is 1.64. The SMILES string of the molecule is Cc1cc(NC(=O)N2CCNCC2COc2cccnc2)ccc1C(=O)O. The Morgan fingerprint density at radius 2 is 2.26 bits per heavy atom. The van der Waals surface area contributed by atoms with Gasteiger partial charge in [0.2, 0.25) is 0 Å². The fourth-order valence-electron chi connectivity index (χ4n) is 2.98. The summed E-state index contributed by atoms with van der Waals surface area (Å²) in [4.78, 5) is 29.6. The lowest BCUT2D eigenvalue weighted by molar-refractivity contribution is 0.0696. The van der Waals surface area contributed by atoms with Crippen LogP contribution in [0.15, 0.2) is 42.7 Å². The van der Waals surface area contributed by atoms with Crippen LogP contribution in [0, 0.1) is 6.92 Å². The topological polar surface area (TPSA) is 104 Å². The van der Waals surface area contributed by atoms with Gasteiger partial charge in [-0.25, -0.2) is 9.59 Å². The maximum atomic E-state index is 12.7. The maximum Gasteiger partial charge on any atom is 0.335 e. The number of rotatable bonds is 5. The predicted molar refractivity (Wildman–Crippen MR) is 100 cm³/mol. The van der Waals surface area contributed by atoms with E-state index in [9.17, 15) is 9.59 Å². The second-order valence-corrected chi connectivity index (χ2v) is 6.32. The molecule has 3 rings (SSSR count). The van der Waals surface area contributed by atoms with Crippen LogP contribution in [0.2, 0.25) is 0 Å². The molecule has 8 nitrogen and oxygen atoms in total. The van der Waals surface area contributed by atoms with Gasteiger partial charge >= 0.3 is 12.0 Å². The summed E-state index contributed by atoms with van der Waals surface area (Å²) < 4.78 is 5.75. The second-order valence-electron chi connectivity index (χ2n) is 6.32. The third kappa shape index (κ3) is 4.73. The summed E-state index contributed by atoms with van der Waals surface area (Å²) in [6, 6.07) is 8.00. The number of amides is 2. The van der Waals surface area contributed by atoms with Crippen LogP contribution < -0.4 is 15.4 Å². The van der Waals surface area contributed by atoms with Crippen molar-refractivity contribution in [2.75, 3.05) is 31.6 Å². The van der Waals surface area contributed by atoms with Crippen LogP contribution in [0.1, 0.15) is 15.9 Å². The molecular weight excluding hydrogens is 348 g/mol. The van der Waals surface area contributed by atoms with Crippen molar-refractivity contribution in [2.24, 2.45) is 0 Å². The first-order valence-corrected chi connectivity index (χ1v) is 8.69. The van der Waals surface area contributed by atoms with Crippen molar-refractivity contribution in [3.63, 3.8) is 0 Å². The minimum atomic E-state index is -0.986. The van der Waals surface area contributed by atoms with E-state index >= 15 is 0 Å². The quantitative estimate of drug-likeness (QED) is 0.743. The molecule has 2 aromatic rings. The number of hydrogen-bond acceptors (Lipinski definition) is 5. The van der Waals surface area contributed by atoms with Gasteiger partial charge in [0.05, 0.1) is 17.8 Å². The predicted octanol–water partition coefficient (Wildman–Crippen LogP) is 1.97. The molecule has 2 heterocycles. The fraction of sp³-hybridized carbons (Fsp3) is 0.316. The molecule has 1 fully saturated rings. The highest BCUT2D eigenvalue weighted by molar-refractivity contribution is 5.93. The zero-order valence-corrected chi connectivity index (χ0v) is 15.0. The third-order valence-corrected chi connectivity index (χ3v) is 4.40. The van der Waals surface area contributed by atoms with Gasteiger partial charge in [-0.15, -0.1) is 0 Å². The highest BCUT2D eigenvalue weighted by Gasteiger charge is 2.27. The monoisotopic (exact) mass is 370 g/mol. The highest BCUT2D eigenvalue weighted by Crippen LogP contribution is 2.17. The number of carboxylic acid groups (broad SMARTS) is 1. The maximum absolute atomic E-state index is 12.7. The summed E-state index contributed by atoms with van der Waals surface area (Å²) in [5.41, 5.74) is 1.38. The van der Waals surface area contributed by atoms with Crippen LogP contribution in [0.25, 0.3) is 0 Å². The van der Waals surface area contributed by atoms with E-state index in [0.29, 0.717) is 43.2 Å². The van der Waals surface area contributed by atoms with Gasteiger partial charge in [0.15, 0.2) is 0 Å². The molecule has 0 spiro atoms. The number of ether oxygens (including phenoxy) is 1. The lowest BCUT2D eigenvalue weighted by Gasteiger charge is -2.35. The van der Waals surface area contributed by atoms with Crippen LogP contribution >= 0.6 is 0 Å². The number of hydrogen-bond donors (Lipinski definition) is 3. The molecule has 27 heavy (non-hydrogen) atoms. The Hall–Kier alpha value is -3.13. The summed E-state index contributed by atoms with van der Waals surface area (Å²) in [6.45, 7) is 3.94. The lowest BCUT2D eigenvalue weighted by Crippen LogP contribution is -2.57. The van der Waals surface area contributed by atoms with Gasteiger partial charge in [-0.1, -0.05) is 0 Å². The molecular formula is C19H22N4O4. The first kappa shape index (κ1) is 18.7. The zero-order valence-electron chi connectivity index (χ0n) is 15.0. The molecule has 0 bridgehead atoms. The van der Waals surface area contributed by atoms with Gasteiger partial charge in [0.25, 0.3) is 0 Å². The summed E-state index contributed by atoms with van der Waals surface area (Å²) in [7, 11) is 0. The van der Waals surface area contributed by atoms with Crippen LogP contribution in [0.4, 0.5) is 10.5 Å². The van der Waals surface area contributed by atoms with Crippen LogP contribution in [-0.4, -0.2) is 59.3 Å². The van der Waals surface area contributed by atoms with E-state index in [0.717, 1.165) is 0 Å². The Morgan fingerprint density at radius 1 is 1.41 bits per heavy atom. The van der Waals surface area contributed by atoms with E-state index in [1.165, 1.54) is 6.07 Å². The summed E-state index contributed by atoms with van der Waals surface area (Å²) in [6.07, 6.45) is 3.31. The Kier molecular flexibility index (Phi) is 5.87. The van der Waals surface area contributed by atoms with Crippen LogP contribution in [-0.2, 0) is 0 Å². The molecule has 0 radical (unpaired) electrons. The van der Waals surface area contributed by atoms with E-state index in [-0.39, 0.29) is 17.6 Å². The molecule has 0 saturated carbocycles. The number of aromatic carboxylic acids is 1. The number of aryl methyl sites for hydroxylation is 1. The highest BCUT2D eigenvalue weighted by atomic mass is 16.5. The number of aromatic nitrogens is 1. The number of anilines is 1. The van der Waals surface area contributed by atoms with Gasteiger partial charge in [-0.3, -0.25) is 4.98 Å². The molecule has 1 aromatic carbocycles. The van der Waals surface area contributed by atoms with Crippen molar-refractivity contribution in [1.82, 2.24) is 15.2 Å². The number of nitrogens with zero attached hydrogens (tertiary/aromatic N) is 2. The number of nitrogens with one attached hydrogen (secondary N) is 2. The molecule has 2 amide bonds. The fourth-order valence-corrected chi connectivity index (χ4v) is 2.98. The van der Waals surface area contributed by atoms with E-state index in [2.05, 4.69) is 15.6 Å². The van der Waals surface area contributed by atoms with Crippen LogP contribution in [0.3, 0.4) is 0 Å². The summed E-state index contributed by atoms with van der Waals surface area (Å²) >= 11 is 0. The average Bonchev–Trinajstić information content (AvgIpc) is 2.67. The van der Waals surface area contributed by atoms with Crippen molar-refractivity contribution in [3.05, 3.63) is 53.9 Å². The smallest absolute Gasteiger partial charge is 0.335 e. The van der Waals surface area contributed by atoms with E-state index in [4.69, 9.17) is 9.84 Å². The molecule has 1 aromatic heterocycles. The number of carbonyl (C=O) groups is 2. The third-order valence-electron chi connectivity index (χ3n) is 4.40. The molecule has 1 aliphatic rings. The minimum absolute atomic E-state index is 0.127. The Labute approximate surface area is 157 Å². The standard InChI is InChI=1S/C19H22N4O4/c1-13-9-14(4-5-17(13)18(24)25)22-19(26)23-8-7-21-10-15(23)12-27-16-3-2-6-20-11-16/h2-6,9,11,15,21H,7-8,10,12H2,1H3,(H,22,26)(H,24,25). The van der Waals surface area contributed by atoms with Crippen molar-refractivity contribution < 1.29 is 19.4 Å². The largest absolute Gasteiger partial charge is 0.490 e. The first-order chi connectivity index (χ1) is 13.0. The van der Waals surface area contributed by atoms with E-state index < -0.39 is 5.97 Å². The normalized spacial score (nSPS) is 16.6. The number of urea groups is 1. The number of benzene rings is 1. The van der Waals surface area contributed by atoms with Gasteiger partial charge in [-0.05, 0) is 42.8 Å². The molecule has 142 valence electrons. The summed E-state index contributed by atoms with van der Waals surface area (Å²) in [5, 5.41) is 15.2. The van der Waals surface area contributed by atoms with E-state index in [1.54, 1.807) is 42.4 Å². The first-order valence-electron chi connectivity index (χ1n) is 8.69. The van der Waals surface area contributed by atoms with Crippen molar-refractivity contribution in [1.29, 1.82) is 0 Å². The van der Waals surface area contributed by atoms with Crippen molar-refractivity contribution in [2.45, 2.75) is 13.0 Å². The van der Waals surface area contributed by atoms with Crippen LogP contribution in [0.5, 0.6) is 5.75 Å². The second kappa shape index (κ2) is 8.50. The van der Waals surface area contributed by atoms with Crippen molar-refractivity contribution in [3.8, 4) is 5.75 Å². The number of piperazine rings is 1. The van der Waals surface area contributed by atoms with Gasteiger partial charge in [-0.2, -0.15) is 0 Å². The molecule has 1 atom stereocenters. The molecule has 1 saturated heterocycles. The number of pyridine rings is 1. The number of carbonyl (C=O) groups excluding carboxylic acids is 1. The molecule has 1 aliphatic heterocycles. The van der Waals surface area contributed by atoms with Crippen molar-refractivity contribution >= 4 is 17.7 Å². The Bertz CT molecular complexity index is 813. The van der Waals surface area contributed by atoms with Gasteiger partial charge in [0.1, 0.15) is 12.4 Å². The Morgan fingerprint density at radius 3 is 2.96 bits per heavy atom. The average molecular weight is 370 g/mol. The zero-order chi connectivity index (χ0) is 19.2.